The van der Waals surface area contributed by atoms with E-state index in [2.05, 4.69) is 42.5 Å². The SMILES string of the molecule is [C-]1=C(Cc2ccccc2)C=CC1.[Cl-].[Cl-].[Cl-].[Ti+4]. The molecule has 84 valence electrons. The van der Waals surface area contributed by atoms with Crippen molar-refractivity contribution in [3.05, 3.63) is 59.7 Å². The molecule has 1 aromatic carbocycles. The largest absolute Gasteiger partial charge is 4.00 e. The molecule has 0 aliphatic heterocycles. The van der Waals surface area contributed by atoms with E-state index in [0.29, 0.717) is 0 Å². The van der Waals surface area contributed by atoms with E-state index in [1.54, 1.807) is 0 Å². The van der Waals surface area contributed by atoms with E-state index in [9.17, 15) is 0 Å². The molecule has 1 aliphatic carbocycles. The van der Waals surface area contributed by atoms with Crippen LogP contribution in [0.15, 0.2) is 48.1 Å². The van der Waals surface area contributed by atoms with Crippen molar-refractivity contribution in [3.8, 4) is 0 Å². The van der Waals surface area contributed by atoms with E-state index in [1.165, 1.54) is 11.1 Å². The standard InChI is InChI=1S/C12H11.3ClH.Ti/c1-2-6-11(7-3-1)10-12-8-4-5-9-12;;;;/h1-4,6-8H,5,10H2;3*1H;/q-1;;;;+4/p-3. The van der Waals surface area contributed by atoms with Gasteiger partial charge in [0.15, 0.2) is 0 Å². The molecule has 1 aromatic rings. The Balaban J connectivity index is -0.000000422. The molecule has 0 spiro atoms. The molecule has 0 saturated heterocycles. The van der Waals surface area contributed by atoms with Crippen LogP contribution in [-0.4, -0.2) is 0 Å². The molecule has 0 atom stereocenters. The molecule has 0 unspecified atom stereocenters. The van der Waals surface area contributed by atoms with Crippen molar-refractivity contribution in [3.63, 3.8) is 0 Å². The zero-order valence-electron chi connectivity index (χ0n) is 8.59. The molecule has 0 aromatic heterocycles. The van der Waals surface area contributed by atoms with Crippen LogP contribution in [0.3, 0.4) is 0 Å². The van der Waals surface area contributed by atoms with Gasteiger partial charge in [-0.2, -0.15) is 6.08 Å². The summed E-state index contributed by atoms with van der Waals surface area (Å²) in [5.74, 6) is 0. The van der Waals surface area contributed by atoms with E-state index in [4.69, 9.17) is 0 Å². The molecule has 0 saturated carbocycles. The summed E-state index contributed by atoms with van der Waals surface area (Å²) in [6.45, 7) is 0. The van der Waals surface area contributed by atoms with Crippen LogP contribution >= 0.6 is 0 Å². The normalized spacial score (nSPS) is 11.1. The third kappa shape index (κ3) is 6.78. The van der Waals surface area contributed by atoms with Gasteiger partial charge in [-0.1, -0.05) is 30.3 Å². The van der Waals surface area contributed by atoms with Crippen LogP contribution in [0.4, 0.5) is 0 Å². The fourth-order valence-corrected chi connectivity index (χ4v) is 1.39. The van der Waals surface area contributed by atoms with Crippen LogP contribution in [0, 0.1) is 6.08 Å². The third-order valence-electron chi connectivity index (χ3n) is 2.00. The van der Waals surface area contributed by atoms with Crippen molar-refractivity contribution in [1.82, 2.24) is 0 Å². The van der Waals surface area contributed by atoms with Crippen LogP contribution < -0.4 is 37.2 Å². The van der Waals surface area contributed by atoms with Gasteiger partial charge in [0, 0.05) is 0 Å². The van der Waals surface area contributed by atoms with Gasteiger partial charge >= 0.3 is 21.7 Å². The van der Waals surface area contributed by atoms with Crippen molar-refractivity contribution in [2.75, 3.05) is 0 Å². The number of halogens is 3. The second kappa shape index (κ2) is 11.8. The summed E-state index contributed by atoms with van der Waals surface area (Å²) in [5, 5.41) is 0. The van der Waals surface area contributed by atoms with E-state index in [0.717, 1.165) is 12.8 Å². The molecular formula is C12H11Cl3Ti. The van der Waals surface area contributed by atoms with E-state index >= 15 is 0 Å². The molecule has 2 rings (SSSR count). The van der Waals surface area contributed by atoms with Gasteiger partial charge < -0.3 is 37.2 Å². The average Bonchev–Trinajstić information content (AvgIpc) is 2.59. The van der Waals surface area contributed by atoms with Crippen LogP contribution in [0.1, 0.15) is 12.0 Å². The number of hydrogen-bond donors (Lipinski definition) is 0. The van der Waals surface area contributed by atoms with Crippen LogP contribution in [0.25, 0.3) is 0 Å². The van der Waals surface area contributed by atoms with Crippen molar-refractivity contribution in [2.24, 2.45) is 0 Å². The first-order chi connectivity index (χ1) is 5.95. The maximum atomic E-state index is 3.31. The fourth-order valence-electron chi connectivity index (χ4n) is 1.39. The van der Waals surface area contributed by atoms with Gasteiger partial charge in [-0.15, -0.1) is 6.42 Å². The molecule has 0 fully saturated rings. The molecule has 0 amide bonds. The van der Waals surface area contributed by atoms with Crippen molar-refractivity contribution < 1.29 is 58.9 Å². The molecule has 16 heavy (non-hydrogen) atoms. The fraction of sp³-hybridized carbons (Fsp3) is 0.167. The predicted octanol–water partition coefficient (Wildman–Crippen LogP) is -6.07. The van der Waals surface area contributed by atoms with Gasteiger partial charge in [-0.3, -0.25) is 6.08 Å². The minimum absolute atomic E-state index is 0. The molecule has 0 bridgehead atoms. The van der Waals surface area contributed by atoms with Gasteiger partial charge in [0.1, 0.15) is 0 Å². The maximum absolute atomic E-state index is 3.31. The Morgan fingerprint density at radius 2 is 1.62 bits per heavy atom. The minimum atomic E-state index is 0. The van der Waals surface area contributed by atoms with Gasteiger partial charge in [-0.05, 0) is 12.0 Å². The molecule has 4 heteroatoms. The van der Waals surface area contributed by atoms with Crippen LogP contribution in [0.2, 0.25) is 0 Å². The summed E-state index contributed by atoms with van der Waals surface area (Å²) in [6.07, 6.45) is 9.63. The zero-order chi connectivity index (χ0) is 8.23. The topological polar surface area (TPSA) is 0 Å². The summed E-state index contributed by atoms with van der Waals surface area (Å²) in [6, 6.07) is 10.5. The predicted molar refractivity (Wildman–Crippen MR) is 50.7 cm³/mol. The Kier molecular flexibility index (Phi) is 15.8. The first-order valence-electron chi connectivity index (χ1n) is 4.25. The Hall–Kier alpha value is 0.284. The summed E-state index contributed by atoms with van der Waals surface area (Å²) in [7, 11) is 0. The Labute approximate surface area is 131 Å². The third-order valence-corrected chi connectivity index (χ3v) is 2.00. The number of benzene rings is 1. The summed E-state index contributed by atoms with van der Waals surface area (Å²) < 4.78 is 0. The van der Waals surface area contributed by atoms with Gasteiger partial charge in [0.2, 0.25) is 0 Å². The number of rotatable bonds is 2. The zero-order valence-corrected chi connectivity index (χ0v) is 12.4. The minimum Gasteiger partial charge on any atom is -1.00 e. The van der Waals surface area contributed by atoms with E-state index < -0.39 is 0 Å². The Bertz CT molecular complexity index is 320. The quantitative estimate of drug-likeness (QED) is 0.377. The van der Waals surface area contributed by atoms with Crippen molar-refractivity contribution in [1.29, 1.82) is 0 Å². The van der Waals surface area contributed by atoms with Crippen LogP contribution in [0.5, 0.6) is 0 Å². The van der Waals surface area contributed by atoms with E-state index in [-0.39, 0.29) is 58.9 Å². The summed E-state index contributed by atoms with van der Waals surface area (Å²) in [5.41, 5.74) is 2.69. The van der Waals surface area contributed by atoms with E-state index in [1.807, 2.05) is 6.07 Å². The van der Waals surface area contributed by atoms with Crippen molar-refractivity contribution >= 4 is 0 Å². The molecule has 1 aliphatic rings. The summed E-state index contributed by atoms with van der Waals surface area (Å²) >= 11 is 0. The second-order valence-electron chi connectivity index (χ2n) is 2.97. The maximum Gasteiger partial charge on any atom is 4.00 e. The van der Waals surface area contributed by atoms with Gasteiger partial charge in [0.25, 0.3) is 0 Å². The molecule has 0 nitrogen and oxygen atoms in total. The Morgan fingerprint density at radius 1 is 1.00 bits per heavy atom. The molecule has 0 heterocycles. The van der Waals surface area contributed by atoms with Crippen LogP contribution in [-0.2, 0) is 28.1 Å². The second-order valence-corrected chi connectivity index (χ2v) is 2.97. The molecule has 0 radical (unpaired) electrons. The Morgan fingerprint density at radius 3 is 2.12 bits per heavy atom. The average molecular weight is 309 g/mol. The summed E-state index contributed by atoms with van der Waals surface area (Å²) in [4.78, 5) is 0. The monoisotopic (exact) mass is 308 g/mol. The first-order valence-corrected chi connectivity index (χ1v) is 4.25. The smallest absolute Gasteiger partial charge is 1.00 e. The van der Waals surface area contributed by atoms with Gasteiger partial charge in [-0.25, -0.2) is 11.6 Å². The molecule has 0 N–H and O–H groups in total. The number of allylic oxidation sites excluding steroid dienone is 4. The van der Waals surface area contributed by atoms with Gasteiger partial charge in [0.05, 0.1) is 0 Å². The molecular weight excluding hydrogens is 298 g/mol. The first kappa shape index (κ1) is 21.6. The number of hydrogen-bond acceptors (Lipinski definition) is 0. The van der Waals surface area contributed by atoms with Crippen molar-refractivity contribution in [2.45, 2.75) is 12.8 Å².